The van der Waals surface area contributed by atoms with Gasteiger partial charge in [-0.3, -0.25) is 15.0 Å². The number of hydrogen-bond acceptors (Lipinski definition) is 7. The summed E-state index contributed by atoms with van der Waals surface area (Å²) in [7, 11) is 6.48. The fourth-order valence-corrected chi connectivity index (χ4v) is 12.2. The molecule has 0 bridgehead atoms. The topological polar surface area (TPSA) is 120 Å². The molecule has 9 aromatic rings. The second-order valence-electron chi connectivity index (χ2n) is 21.3. The van der Waals surface area contributed by atoms with Crippen LogP contribution in [-0.2, 0) is 0 Å². The number of aromatic nitrogens is 6. The molecule has 0 aliphatic carbocycles. The van der Waals surface area contributed by atoms with E-state index in [1.165, 1.54) is 47.8 Å². The lowest BCUT2D eigenvalue weighted by Gasteiger charge is -2.28. The smallest absolute Gasteiger partial charge is 0.123 e. The van der Waals surface area contributed by atoms with Crippen LogP contribution in [0.25, 0.3) is 67.2 Å². The Morgan fingerprint density at radius 3 is 1.35 bits per heavy atom. The number of benzene rings is 3. The van der Waals surface area contributed by atoms with Crippen LogP contribution in [0, 0.1) is 35.7 Å². The normalized spacial score (nSPS) is 15.9. The number of H-pyrrole nitrogens is 3. The van der Waals surface area contributed by atoms with E-state index in [-0.39, 0.29) is 17.5 Å². The van der Waals surface area contributed by atoms with Gasteiger partial charge in [0.05, 0.1) is 22.6 Å². The lowest BCUT2D eigenvalue weighted by molar-refractivity contribution is 0.253. The molecule has 3 saturated heterocycles. The van der Waals surface area contributed by atoms with Crippen LogP contribution in [0.2, 0.25) is 0 Å². The zero-order chi connectivity index (χ0) is 55.0. The van der Waals surface area contributed by atoms with Crippen LogP contribution in [0.4, 0.5) is 13.2 Å². The fraction of sp³-hybridized carbons (Fsp3) is 0.292. The number of aromatic amines is 3. The maximum absolute atomic E-state index is 13.4. The summed E-state index contributed by atoms with van der Waals surface area (Å²) in [5.74, 6) is 0.660. The first-order chi connectivity index (χ1) is 38.4. The highest BCUT2D eigenvalue weighted by atomic mass is 79.9. The van der Waals surface area contributed by atoms with Crippen LogP contribution >= 0.6 is 15.9 Å². The minimum absolute atomic E-state index is 0.211. The van der Waals surface area contributed by atoms with Crippen LogP contribution in [-0.4, -0.2) is 105 Å². The van der Waals surface area contributed by atoms with Gasteiger partial charge in [-0.25, -0.2) is 13.2 Å². The van der Waals surface area contributed by atoms with E-state index < -0.39 is 0 Å². The summed E-state index contributed by atoms with van der Waals surface area (Å²) < 4.78 is 41.3. The van der Waals surface area contributed by atoms with Crippen LogP contribution < -0.4 is 0 Å². The maximum Gasteiger partial charge on any atom is 0.123 e. The number of likely N-dealkylation sites (tertiary alicyclic amines) is 3. The molecule has 79 heavy (non-hydrogen) atoms. The molecule has 9 heterocycles. The number of pyridine rings is 3. The van der Waals surface area contributed by atoms with E-state index in [1.807, 2.05) is 67.7 Å². The Labute approximate surface area is 470 Å². The maximum atomic E-state index is 13.4. The molecule has 0 radical (unpaired) electrons. The van der Waals surface area contributed by atoms with E-state index in [2.05, 4.69) is 99.9 Å². The fourth-order valence-electron chi connectivity index (χ4n) is 11.4. The van der Waals surface area contributed by atoms with Gasteiger partial charge in [0, 0.05) is 92.7 Å². The van der Waals surface area contributed by atoms with Gasteiger partial charge in [0.25, 0.3) is 0 Å². The third-order valence-electron chi connectivity index (χ3n) is 15.9. The van der Waals surface area contributed by atoms with Crippen molar-refractivity contribution in [3.05, 3.63) is 197 Å². The van der Waals surface area contributed by atoms with Gasteiger partial charge in [-0.1, -0.05) is 0 Å². The van der Waals surface area contributed by atoms with Gasteiger partial charge in [-0.15, -0.1) is 0 Å². The van der Waals surface area contributed by atoms with E-state index in [1.54, 1.807) is 36.9 Å². The third kappa shape index (κ3) is 12.9. The summed E-state index contributed by atoms with van der Waals surface area (Å²) >= 11 is 3.86. The summed E-state index contributed by atoms with van der Waals surface area (Å²) in [6, 6.07) is 36.5. The van der Waals surface area contributed by atoms with Crippen LogP contribution in [0.3, 0.4) is 0 Å². The second-order valence-corrected chi connectivity index (χ2v) is 22.1. The Balaban J connectivity index is 0.000000134. The lowest BCUT2D eigenvalue weighted by Crippen LogP contribution is -2.29. The van der Waals surface area contributed by atoms with Gasteiger partial charge in [-0.05, 0) is 270 Å². The van der Waals surface area contributed by atoms with Crippen LogP contribution in [0.1, 0.15) is 84.6 Å². The molecular formula is C65H66BrF3N10. The van der Waals surface area contributed by atoms with E-state index in [0.29, 0.717) is 23.3 Å². The molecule has 10 nitrogen and oxygen atoms in total. The van der Waals surface area contributed by atoms with Gasteiger partial charge >= 0.3 is 0 Å². The lowest BCUT2D eigenvalue weighted by atomic mass is 9.89. The number of nitriles is 1. The highest BCUT2D eigenvalue weighted by molar-refractivity contribution is 9.10. The van der Waals surface area contributed by atoms with Crippen molar-refractivity contribution >= 4 is 15.9 Å². The predicted octanol–water partition coefficient (Wildman–Crippen LogP) is 15.0. The number of nitrogens with zero attached hydrogens (tertiary/aromatic N) is 7. The first-order valence-corrected chi connectivity index (χ1v) is 28.1. The summed E-state index contributed by atoms with van der Waals surface area (Å²) in [5.41, 5.74) is 17.4. The summed E-state index contributed by atoms with van der Waals surface area (Å²) in [6.45, 7) is 8.50. The Morgan fingerprint density at radius 1 is 0.481 bits per heavy atom. The summed E-state index contributed by atoms with van der Waals surface area (Å²) in [5, 5.41) is 9.99. The Kier molecular flexibility index (Phi) is 17.5. The van der Waals surface area contributed by atoms with Crippen molar-refractivity contribution in [2.45, 2.75) is 63.2 Å². The number of rotatable bonds is 9. The summed E-state index contributed by atoms with van der Waals surface area (Å²) in [4.78, 5) is 30.5. The van der Waals surface area contributed by atoms with Crippen molar-refractivity contribution in [2.75, 3.05) is 60.4 Å². The third-order valence-corrected chi connectivity index (χ3v) is 16.7. The molecule has 0 amide bonds. The van der Waals surface area contributed by atoms with Gasteiger partial charge < -0.3 is 29.7 Å². The van der Waals surface area contributed by atoms with Crippen LogP contribution in [0.15, 0.2) is 151 Å². The van der Waals surface area contributed by atoms with E-state index in [4.69, 9.17) is 0 Å². The van der Waals surface area contributed by atoms with Crippen molar-refractivity contribution in [2.24, 2.45) is 0 Å². The van der Waals surface area contributed by atoms with E-state index in [9.17, 15) is 18.4 Å². The van der Waals surface area contributed by atoms with Crippen molar-refractivity contribution < 1.29 is 13.2 Å². The molecule has 3 N–H and O–H groups in total. The quantitative estimate of drug-likeness (QED) is 0.132. The second kappa shape index (κ2) is 25.1. The molecule has 0 unspecified atom stereocenters. The molecule has 0 atom stereocenters. The molecular weight excluding hydrogens is 1060 g/mol. The summed E-state index contributed by atoms with van der Waals surface area (Å²) in [6.07, 6.45) is 15.5. The van der Waals surface area contributed by atoms with Gasteiger partial charge in [-0.2, -0.15) is 5.26 Å². The first-order valence-electron chi connectivity index (χ1n) is 27.3. The van der Waals surface area contributed by atoms with Crippen molar-refractivity contribution in [3.63, 3.8) is 0 Å². The monoisotopic (exact) mass is 1120 g/mol. The zero-order valence-corrected chi connectivity index (χ0v) is 46.8. The minimum atomic E-state index is -0.271. The molecule has 3 aliphatic rings. The zero-order valence-electron chi connectivity index (χ0n) is 45.2. The predicted molar refractivity (Wildman–Crippen MR) is 314 cm³/mol. The van der Waals surface area contributed by atoms with Crippen molar-refractivity contribution in [1.82, 2.24) is 44.6 Å². The van der Waals surface area contributed by atoms with Crippen molar-refractivity contribution in [3.8, 4) is 73.2 Å². The van der Waals surface area contributed by atoms with Crippen molar-refractivity contribution in [1.29, 1.82) is 5.26 Å². The number of piperidine rings is 3. The van der Waals surface area contributed by atoms with Gasteiger partial charge in [0.15, 0.2) is 0 Å². The number of hydrogen-bond donors (Lipinski definition) is 3. The number of aryl methyl sites for hydroxylation is 1. The Hall–Kier alpha value is -7.41. The van der Waals surface area contributed by atoms with Crippen LogP contribution in [0.5, 0.6) is 0 Å². The first kappa shape index (κ1) is 54.9. The number of nitrogens with one attached hydrogen (secondary N) is 3. The highest BCUT2D eigenvalue weighted by Gasteiger charge is 2.29. The molecule has 12 rings (SSSR count). The van der Waals surface area contributed by atoms with Gasteiger partial charge in [0.1, 0.15) is 23.5 Å². The molecule has 3 aliphatic heterocycles. The van der Waals surface area contributed by atoms with E-state index in [0.717, 1.165) is 161 Å². The molecule has 3 fully saturated rings. The van der Waals surface area contributed by atoms with Gasteiger partial charge in [0.2, 0.25) is 0 Å². The molecule has 6 aromatic heterocycles. The molecule has 3 aromatic carbocycles. The minimum Gasteiger partial charge on any atom is -0.358 e. The molecule has 14 heteroatoms. The average Bonchev–Trinajstić information content (AvgIpc) is 4.26. The highest BCUT2D eigenvalue weighted by Crippen LogP contribution is 2.45. The Bertz CT molecular complexity index is 3470. The molecule has 0 spiro atoms. The number of halogens is 4. The SMILES string of the molecule is CN1CCC(c2[nH]c(-c3ccc(F)cc3)c(-c3ccncc3)c2Br)CC1.CN1CCC(c2[nH]c(-c3ccc(F)cc3)c(-c3ccncc3)c2C#N)CC1.Cc1cc(-c2cc(C3CCN(C)CC3)[nH]c2-c2ccc(F)cc2)ccn1. The largest absolute Gasteiger partial charge is 0.358 e. The van der Waals surface area contributed by atoms with E-state index >= 15 is 0 Å². The molecule has 404 valence electrons. The average molecular weight is 1120 g/mol. The standard InChI is InChI=1S/C22H21FN4.C22H24FN3.C21H21BrFN3/c1-27-12-8-17(9-13-27)21-19(14-24)20(15-6-10-25-11-7-15)22(26-21)16-2-4-18(23)5-3-16;1-15-13-18(7-10-24-15)20-14-21(16-8-11-26(2)12-9-16)25-22(20)17-3-5-19(23)6-4-17;1-26-12-8-16(9-13-26)21-19(22)18(14-6-10-24-11-7-14)20(25-21)15-2-4-17(23)5-3-15/h2-7,10-11,17,26H,8-9,12-13H2,1H3;3-7,10,13-14,16,25H,8-9,11-12H2,1-2H3;2-7,10-11,16,25H,8-9,12-13H2,1H3. The molecule has 0 saturated carbocycles. The Morgan fingerprint density at radius 2 is 0.886 bits per heavy atom.